The molecule has 0 bridgehead atoms. The lowest BCUT2D eigenvalue weighted by molar-refractivity contribution is -0.552. The number of amides is 1. The third-order valence-corrected chi connectivity index (χ3v) is 8.36. The van der Waals surface area contributed by atoms with Crippen LogP contribution in [0.1, 0.15) is 86.5 Å². The Morgan fingerprint density at radius 1 is 0.939 bits per heavy atom. The molecule has 0 fully saturated rings. The quantitative estimate of drug-likeness (QED) is 0.0986. The van der Waals surface area contributed by atoms with Gasteiger partial charge in [0.15, 0.2) is 17.6 Å². The van der Waals surface area contributed by atoms with Gasteiger partial charge in [0.2, 0.25) is 0 Å². The minimum absolute atomic E-state index is 0.0971. The van der Waals surface area contributed by atoms with Gasteiger partial charge in [-0.2, -0.15) is 4.57 Å². The van der Waals surface area contributed by atoms with Crippen molar-refractivity contribution in [3.63, 3.8) is 0 Å². The molecule has 5 rings (SSSR count). The van der Waals surface area contributed by atoms with E-state index in [4.69, 9.17) is 14.5 Å². The minimum atomic E-state index is -0.552. The van der Waals surface area contributed by atoms with Gasteiger partial charge in [0, 0.05) is 24.9 Å². The van der Waals surface area contributed by atoms with Crippen LogP contribution >= 0.6 is 0 Å². The number of carbonyl (C=O) groups is 2. The third-order valence-electron chi connectivity index (χ3n) is 8.36. The first-order chi connectivity index (χ1) is 23.6. The smallest absolute Gasteiger partial charge is 0.407 e. The van der Waals surface area contributed by atoms with Gasteiger partial charge in [0.1, 0.15) is 23.2 Å². The molecule has 1 aliphatic rings. The number of aromatic nitrogens is 2. The molecule has 1 aromatic heterocycles. The van der Waals surface area contributed by atoms with Crippen molar-refractivity contribution in [2.45, 2.75) is 90.7 Å². The molecule has 0 spiro atoms. The van der Waals surface area contributed by atoms with Crippen molar-refractivity contribution in [3.8, 4) is 17.0 Å². The molecule has 2 heterocycles. The van der Waals surface area contributed by atoms with Crippen LogP contribution in [-0.4, -0.2) is 41.8 Å². The second kappa shape index (κ2) is 16.5. The molecular formula is C40H48FN4O4+. The number of alkyl carbamates (subject to hydrolysis) is 1. The van der Waals surface area contributed by atoms with Crippen molar-refractivity contribution in [1.82, 2.24) is 10.3 Å². The maximum Gasteiger partial charge on any atom is 0.407 e. The van der Waals surface area contributed by atoms with Crippen LogP contribution in [0.4, 0.5) is 15.0 Å². The lowest BCUT2D eigenvalue weighted by Gasteiger charge is -2.19. The van der Waals surface area contributed by atoms with Crippen molar-refractivity contribution in [1.29, 1.82) is 0 Å². The summed E-state index contributed by atoms with van der Waals surface area (Å²) in [5, 5.41) is 6.18. The summed E-state index contributed by atoms with van der Waals surface area (Å²) in [6.45, 7) is 8.61. The molecule has 8 nitrogen and oxygen atoms in total. The Kier molecular flexibility index (Phi) is 12.0. The summed E-state index contributed by atoms with van der Waals surface area (Å²) in [5.74, 6) is 0.365. The zero-order valence-electron chi connectivity index (χ0n) is 29.1. The molecule has 258 valence electrons. The summed E-state index contributed by atoms with van der Waals surface area (Å²) in [6.07, 6.45) is 8.17. The normalized spacial score (nSPS) is 13.9. The number of unbranched alkanes of at least 4 members (excludes halogenated alkanes) is 5. The molecule has 49 heavy (non-hydrogen) atoms. The Hall–Kier alpha value is -4.79. The molecule has 0 radical (unpaired) electrons. The van der Waals surface area contributed by atoms with Crippen LogP contribution in [0.15, 0.2) is 79.0 Å². The number of aryl methyl sites for hydroxylation is 1. The second-order valence-electron chi connectivity index (χ2n) is 13.7. The summed E-state index contributed by atoms with van der Waals surface area (Å²) >= 11 is 0. The molecule has 2 N–H and O–H groups in total. The van der Waals surface area contributed by atoms with E-state index in [1.807, 2.05) is 76.2 Å². The fourth-order valence-electron chi connectivity index (χ4n) is 5.83. The van der Waals surface area contributed by atoms with Gasteiger partial charge in [0.25, 0.3) is 0 Å². The average Bonchev–Trinajstić information content (AvgIpc) is 3.37. The van der Waals surface area contributed by atoms with Crippen LogP contribution in [0, 0.1) is 12.7 Å². The summed E-state index contributed by atoms with van der Waals surface area (Å²) in [7, 11) is 0. The molecule has 1 amide bonds. The molecular weight excluding hydrogens is 619 g/mol. The van der Waals surface area contributed by atoms with E-state index in [1.54, 1.807) is 16.8 Å². The fourth-order valence-corrected chi connectivity index (χ4v) is 5.83. The van der Waals surface area contributed by atoms with Crippen LogP contribution in [-0.2, 0) is 17.6 Å². The lowest BCUT2D eigenvalue weighted by atomic mass is 10.1. The van der Waals surface area contributed by atoms with E-state index >= 15 is 4.39 Å². The van der Waals surface area contributed by atoms with Crippen LogP contribution in [0.5, 0.6) is 5.75 Å². The number of ether oxygens (including phenoxy) is 2. The number of hydrogen-bond acceptors (Lipinski definition) is 6. The van der Waals surface area contributed by atoms with Crippen LogP contribution in [0.2, 0.25) is 0 Å². The molecule has 4 aromatic rings. The minimum Gasteiger partial charge on any atom is -0.491 e. The number of nitrogens with zero attached hydrogens (tertiary/aromatic N) is 2. The number of benzene rings is 3. The van der Waals surface area contributed by atoms with Crippen molar-refractivity contribution < 1.29 is 28.0 Å². The monoisotopic (exact) mass is 667 g/mol. The largest absolute Gasteiger partial charge is 0.491 e. The zero-order chi connectivity index (χ0) is 34.8. The maximum atomic E-state index is 15.1. The van der Waals surface area contributed by atoms with Crippen LogP contribution < -0.4 is 19.9 Å². The Morgan fingerprint density at radius 3 is 2.37 bits per heavy atom. The van der Waals surface area contributed by atoms with Gasteiger partial charge in [-0.05, 0) is 63.8 Å². The van der Waals surface area contributed by atoms with Crippen molar-refractivity contribution in [2.24, 2.45) is 0 Å². The van der Waals surface area contributed by atoms with E-state index in [2.05, 4.69) is 22.8 Å². The van der Waals surface area contributed by atoms with Gasteiger partial charge in [0.05, 0.1) is 6.61 Å². The van der Waals surface area contributed by atoms with E-state index < -0.39 is 17.5 Å². The summed E-state index contributed by atoms with van der Waals surface area (Å²) < 4.78 is 27.7. The van der Waals surface area contributed by atoms with Crippen molar-refractivity contribution in [2.75, 3.05) is 18.5 Å². The molecule has 1 unspecified atom stereocenters. The standard InChI is InChI=1S/C40H47FN4O4/c1-28-16-19-31(20-17-28)35-27-45-37(33(43-35)25-29-14-10-9-11-15-29)44-34(38(45)46)26-30-18-21-36(32(41)24-30)48-23-13-8-6-5-7-12-22-42-39(47)49-40(2,3)4/h9-11,14-21,24,27,34H,5-8,12-13,22-23,25-26H2,1-4H3,(H,42,47)/p+1. The highest BCUT2D eigenvalue weighted by molar-refractivity contribution is 5.82. The van der Waals surface area contributed by atoms with Crippen molar-refractivity contribution >= 4 is 17.8 Å². The van der Waals surface area contributed by atoms with Gasteiger partial charge < -0.3 is 14.8 Å². The second-order valence-corrected chi connectivity index (χ2v) is 13.7. The SMILES string of the molecule is Cc1ccc(-c2c[n+]3c(c(Cc4ccccc4)n2)NC(Cc2ccc(OCCCCCCCCNC(=O)OC(C)(C)C)c(F)c2)C3=O)cc1. The molecule has 3 aromatic carbocycles. The number of fused-ring (bicyclic) bond motifs is 1. The van der Waals surface area contributed by atoms with E-state index in [9.17, 15) is 9.59 Å². The molecule has 9 heteroatoms. The summed E-state index contributed by atoms with van der Waals surface area (Å²) in [5.41, 5.74) is 4.92. The molecule has 0 saturated carbocycles. The fraction of sp³-hybridized carbons (Fsp3) is 0.400. The highest BCUT2D eigenvalue weighted by atomic mass is 19.1. The van der Waals surface area contributed by atoms with E-state index in [0.29, 0.717) is 37.4 Å². The van der Waals surface area contributed by atoms with Gasteiger partial charge in [-0.1, -0.05) is 91.9 Å². The first-order valence-electron chi connectivity index (χ1n) is 17.3. The Morgan fingerprint density at radius 2 is 1.65 bits per heavy atom. The zero-order valence-corrected chi connectivity index (χ0v) is 29.1. The number of anilines is 1. The Labute approximate surface area is 289 Å². The topological polar surface area (TPSA) is 93.4 Å². The van der Waals surface area contributed by atoms with Gasteiger partial charge in [-0.3, -0.25) is 5.32 Å². The van der Waals surface area contributed by atoms with Crippen LogP contribution in [0.3, 0.4) is 0 Å². The van der Waals surface area contributed by atoms with Gasteiger partial charge in [-0.15, -0.1) is 0 Å². The summed E-state index contributed by atoms with van der Waals surface area (Å²) in [4.78, 5) is 30.4. The summed E-state index contributed by atoms with van der Waals surface area (Å²) in [6, 6.07) is 22.6. The predicted molar refractivity (Wildman–Crippen MR) is 189 cm³/mol. The molecule has 1 atom stereocenters. The molecule has 0 saturated heterocycles. The lowest BCUT2D eigenvalue weighted by Crippen LogP contribution is -2.44. The number of nitrogens with one attached hydrogen (secondary N) is 2. The predicted octanol–water partition coefficient (Wildman–Crippen LogP) is 8.00. The van der Waals surface area contributed by atoms with Crippen LogP contribution in [0.25, 0.3) is 11.3 Å². The first kappa shape index (κ1) is 35.5. The van der Waals surface area contributed by atoms with E-state index in [0.717, 1.165) is 66.6 Å². The number of hydrogen-bond donors (Lipinski definition) is 2. The maximum absolute atomic E-state index is 15.1. The highest BCUT2D eigenvalue weighted by Gasteiger charge is 2.41. The highest BCUT2D eigenvalue weighted by Crippen LogP contribution is 2.26. The third kappa shape index (κ3) is 10.3. The number of carbonyl (C=O) groups excluding carboxylic acids is 2. The molecule has 1 aliphatic heterocycles. The Balaban J connectivity index is 1.11. The first-order valence-corrected chi connectivity index (χ1v) is 17.3. The molecule has 0 aliphatic carbocycles. The number of rotatable bonds is 15. The Bertz CT molecular complexity index is 1720. The van der Waals surface area contributed by atoms with Crippen molar-refractivity contribution in [3.05, 3.63) is 107 Å². The van der Waals surface area contributed by atoms with E-state index in [1.165, 1.54) is 6.07 Å². The van der Waals surface area contributed by atoms with Gasteiger partial charge >= 0.3 is 17.8 Å². The number of halogens is 1. The average molecular weight is 668 g/mol. The van der Waals surface area contributed by atoms with Gasteiger partial charge in [-0.25, -0.2) is 19.0 Å². The van der Waals surface area contributed by atoms with E-state index in [-0.39, 0.29) is 17.7 Å².